The third-order valence-electron chi connectivity index (χ3n) is 4.69. The number of halogens is 1. The molecule has 0 saturated heterocycles. The molecule has 156 valence electrons. The number of nitrogens with one attached hydrogen (secondary N) is 3. The van der Waals surface area contributed by atoms with Crippen LogP contribution in [0, 0.1) is 5.92 Å². The molecule has 6 nitrogen and oxygen atoms in total. The zero-order valence-corrected chi connectivity index (χ0v) is 19.2. The monoisotopic (exact) mass is 508 g/mol. The van der Waals surface area contributed by atoms with Crippen molar-refractivity contribution < 1.29 is 9.53 Å². The van der Waals surface area contributed by atoms with E-state index in [1.807, 2.05) is 36.4 Å². The van der Waals surface area contributed by atoms with Crippen LogP contribution in [-0.2, 0) is 13.1 Å². The summed E-state index contributed by atoms with van der Waals surface area (Å²) in [7, 11) is 3.37. The van der Waals surface area contributed by atoms with E-state index in [2.05, 4.69) is 27.0 Å². The number of para-hydroxylation sites is 1. The zero-order chi connectivity index (χ0) is 19.8. The first kappa shape index (κ1) is 23.0. The van der Waals surface area contributed by atoms with Gasteiger partial charge >= 0.3 is 0 Å². The number of hydrogen-bond acceptors (Lipinski definition) is 3. The SMILES string of the molecule is CN=C(NCc1cccc(C(=O)NC)c1)NCc1ccccc1OCC1CC1.I. The third-order valence-corrected chi connectivity index (χ3v) is 4.69. The Hall–Kier alpha value is -2.29. The van der Waals surface area contributed by atoms with E-state index in [9.17, 15) is 4.79 Å². The molecule has 7 heteroatoms. The normalized spacial score (nSPS) is 13.2. The fourth-order valence-electron chi connectivity index (χ4n) is 2.84. The van der Waals surface area contributed by atoms with Crippen LogP contribution in [0.2, 0.25) is 0 Å². The van der Waals surface area contributed by atoms with Gasteiger partial charge in [-0.1, -0.05) is 30.3 Å². The maximum atomic E-state index is 11.8. The first-order valence-electron chi connectivity index (χ1n) is 9.66. The summed E-state index contributed by atoms with van der Waals surface area (Å²) < 4.78 is 5.96. The second kappa shape index (κ2) is 11.6. The number of carbonyl (C=O) groups is 1. The van der Waals surface area contributed by atoms with Gasteiger partial charge < -0.3 is 20.7 Å². The molecular weight excluding hydrogens is 479 g/mol. The van der Waals surface area contributed by atoms with Gasteiger partial charge in [0.2, 0.25) is 0 Å². The van der Waals surface area contributed by atoms with Gasteiger partial charge in [0.25, 0.3) is 5.91 Å². The summed E-state index contributed by atoms with van der Waals surface area (Å²) in [6.45, 7) is 1.99. The highest BCUT2D eigenvalue weighted by Gasteiger charge is 2.22. The van der Waals surface area contributed by atoms with Gasteiger partial charge in [-0.2, -0.15) is 0 Å². The first-order valence-corrected chi connectivity index (χ1v) is 9.66. The molecule has 0 unspecified atom stereocenters. The highest BCUT2D eigenvalue weighted by atomic mass is 127. The predicted molar refractivity (Wildman–Crippen MR) is 127 cm³/mol. The fourth-order valence-corrected chi connectivity index (χ4v) is 2.84. The Kier molecular flexibility index (Phi) is 9.24. The number of rotatable bonds is 8. The topological polar surface area (TPSA) is 74.8 Å². The number of carbonyl (C=O) groups excluding carboxylic acids is 1. The lowest BCUT2D eigenvalue weighted by atomic mass is 10.1. The Balaban J connectivity index is 0.00000300. The average Bonchev–Trinajstić information content (AvgIpc) is 3.57. The Morgan fingerprint density at radius 3 is 2.59 bits per heavy atom. The van der Waals surface area contributed by atoms with Gasteiger partial charge in [0.05, 0.1) is 6.61 Å². The van der Waals surface area contributed by atoms with Gasteiger partial charge in [0.1, 0.15) is 5.75 Å². The van der Waals surface area contributed by atoms with E-state index < -0.39 is 0 Å². The Labute approximate surface area is 189 Å². The van der Waals surface area contributed by atoms with E-state index in [0.29, 0.717) is 24.6 Å². The zero-order valence-electron chi connectivity index (χ0n) is 16.9. The van der Waals surface area contributed by atoms with Gasteiger partial charge in [0, 0.05) is 38.3 Å². The molecule has 0 spiro atoms. The maximum Gasteiger partial charge on any atom is 0.251 e. The average molecular weight is 508 g/mol. The second-order valence-electron chi connectivity index (χ2n) is 6.92. The van der Waals surface area contributed by atoms with Crippen molar-refractivity contribution in [3.8, 4) is 5.75 Å². The number of guanidine groups is 1. The van der Waals surface area contributed by atoms with Crippen molar-refractivity contribution in [3.05, 3.63) is 65.2 Å². The summed E-state index contributed by atoms with van der Waals surface area (Å²) in [5.74, 6) is 2.26. The van der Waals surface area contributed by atoms with Crippen LogP contribution in [0.1, 0.15) is 34.3 Å². The van der Waals surface area contributed by atoms with Gasteiger partial charge in [-0.3, -0.25) is 9.79 Å². The van der Waals surface area contributed by atoms with Crippen molar-refractivity contribution in [2.75, 3.05) is 20.7 Å². The molecule has 1 aliphatic carbocycles. The number of benzene rings is 2. The molecule has 2 aromatic rings. The van der Waals surface area contributed by atoms with Gasteiger partial charge in [-0.25, -0.2) is 0 Å². The molecule has 2 aromatic carbocycles. The van der Waals surface area contributed by atoms with Crippen LogP contribution >= 0.6 is 24.0 Å². The summed E-state index contributed by atoms with van der Waals surface area (Å²) in [6, 6.07) is 15.6. The molecule has 0 heterocycles. The van der Waals surface area contributed by atoms with Crippen molar-refractivity contribution in [2.24, 2.45) is 10.9 Å². The van der Waals surface area contributed by atoms with Crippen molar-refractivity contribution in [1.29, 1.82) is 0 Å². The van der Waals surface area contributed by atoms with Gasteiger partial charge in [-0.05, 0) is 42.5 Å². The fraction of sp³-hybridized carbons (Fsp3) is 0.364. The van der Waals surface area contributed by atoms with Crippen LogP contribution in [0.5, 0.6) is 5.75 Å². The van der Waals surface area contributed by atoms with Crippen molar-refractivity contribution in [3.63, 3.8) is 0 Å². The summed E-state index contributed by atoms with van der Waals surface area (Å²) in [6.07, 6.45) is 2.55. The molecule has 1 fully saturated rings. The molecule has 1 amide bonds. The van der Waals surface area contributed by atoms with Crippen LogP contribution in [-0.4, -0.2) is 32.6 Å². The van der Waals surface area contributed by atoms with E-state index in [1.165, 1.54) is 12.8 Å². The number of hydrogen-bond donors (Lipinski definition) is 3. The van der Waals surface area contributed by atoms with E-state index in [0.717, 1.165) is 29.4 Å². The van der Waals surface area contributed by atoms with E-state index in [1.54, 1.807) is 20.2 Å². The lowest BCUT2D eigenvalue weighted by molar-refractivity contribution is 0.0963. The van der Waals surface area contributed by atoms with Crippen LogP contribution in [0.15, 0.2) is 53.5 Å². The number of ether oxygens (including phenoxy) is 1. The van der Waals surface area contributed by atoms with E-state index in [-0.39, 0.29) is 29.9 Å². The Morgan fingerprint density at radius 1 is 1.10 bits per heavy atom. The highest BCUT2D eigenvalue weighted by Crippen LogP contribution is 2.30. The highest BCUT2D eigenvalue weighted by molar-refractivity contribution is 14.0. The molecule has 3 rings (SSSR count). The minimum absolute atomic E-state index is 0. The molecular formula is C22H29IN4O2. The molecule has 3 N–H and O–H groups in total. The molecule has 1 aliphatic rings. The quantitative estimate of drug-likeness (QED) is 0.291. The van der Waals surface area contributed by atoms with Crippen LogP contribution in [0.3, 0.4) is 0 Å². The van der Waals surface area contributed by atoms with E-state index in [4.69, 9.17) is 4.74 Å². The van der Waals surface area contributed by atoms with Crippen LogP contribution in [0.4, 0.5) is 0 Å². The number of nitrogens with zero attached hydrogens (tertiary/aromatic N) is 1. The molecule has 0 bridgehead atoms. The maximum absolute atomic E-state index is 11.8. The largest absolute Gasteiger partial charge is 0.493 e. The number of amides is 1. The molecule has 0 atom stereocenters. The summed E-state index contributed by atoms with van der Waals surface area (Å²) in [5.41, 5.74) is 2.76. The number of aliphatic imine (C=N–C) groups is 1. The Bertz CT molecular complexity index is 837. The second-order valence-corrected chi connectivity index (χ2v) is 6.92. The van der Waals surface area contributed by atoms with Crippen LogP contribution in [0.25, 0.3) is 0 Å². The van der Waals surface area contributed by atoms with Gasteiger partial charge in [0.15, 0.2) is 5.96 Å². The van der Waals surface area contributed by atoms with Crippen molar-refractivity contribution >= 4 is 35.8 Å². The van der Waals surface area contributed by atoms with E-state index >= 15 is 0 Å². The smallest absolute Gasteiger partial charge is 0.251 e. The molecule has 1 saturated carbocycles. The minimum Gasteiger partial charge on any atom is -0.493 e. The Morgan fingerprint density at radius 2 is 1.86 bits per heavy atom. The minimum atomic E-state index is -0.0906. The predicted octanol–water partition coefficient (Wildman–Crippen LogP) is 3.32. The standard InChI is InChI=1S/C22H28N4O2.HI/c1-23-21(27)18-8-5-6-17(12-18)13-25-22(24-2)26-14-19-7-3-4-9-20(19)28-15-16-10-11-16;/h3-9,12,16H,10-11,13-15H2,1-2H3,(H,23,27)(H2,24,25,26);1H. The molecule has 0 radical (unpaired) electrons. The lowest BCUT2D eigenvalue weighted by Gasteiger charge is -2.15. The molecule has 0 aliphatic heterocycles. The first-order chi connectivity index (χ1) is 13.7. The summed E-state index contributed by atoms with van der Waals surface area (Å²) in [4.78, 5) is 16.1. The van der Waals surface area contributed by atoms with Gasteiger partial charge in [-0.15, -0.1) is 24.0 Å². The summed E-state index contributed by atoms with van der Waals surface area (Å²) >= 11 is 0. The van der Waals surface area contributed by atoms with Crippen molar-refractivity contribution in [2.45, 2.75) is 25.9 Å². The molecule has 0 aromatic heterocycles. The molecule has 29 heavy (non-hydrogen) atoms. The summed E-state index contributed by atoms with van der Waals surface area (Å²) in [5, 5.41) is 9.26. The third kappa shape index (κ3) is 7.23. The van der Waals surface area contributed by atoms with Crippen molar-refractivity contribution in [1.82, 2.24) is 16.0 Å². The lowest BCUT2D eigenvalue weighted by Crippen LogP contribution is -2.36. The van der Waals surface area contributed by atoms with Crippen LogP contribution < -0.4 is 20.7 Å².